The number of nitrogens with one attached hydrogen (secondary N) is 1. The fourth-order valence-corrected chi connectivity index (χ4v) is 4.56. The summed E-state index contributed by atoms with van der Waals surface area (Å²) in [5.41, 5.74) is -0.556. The number of ether oxygens (including phenoxy) is 1. The van der Waals surface area contributed by atoms with Crippen LogP contribution in [0.3, 0.4) is 0 Å². The summed E-state index contributed by atoms with van der Waals surface area (Å²) in [7, 11) is 0. The fourth-order valence-electron chi connectivity index (χ4n) is 4.56. The molecule has 3 heterocycles. The molecule has 7 nitrogen and oxygen atoms in total. The topological polar surface area (TPSA) is 76.5 Å². The van der Waals surface area contributed by atoms with Crippen molar-refractivity contribution in [3.05, 3.63) is 18.2 Å². The molecular formula is C20H28N4O3. The molecule has 2 saturated carbocycles. The van der Waals surface area contributed by atoms with Gasteiger partial charge < -0.3 is 19.5 Å². The number of amides is 2. The van der Waals surface area contributed by atoms with Crippen LogP contribution in [0.5, 0.6) is 0 Å². The number of rotatable bonds is 4. The van der Waals surface area contributed by atoms with Gasteiger partial charge in [-0.05, 0) is 31.6 Å². The van der Waals surface area contributed by atoms with E-state index in [1.165, 1.54) is 19.3 Å². The van der Waals surface area contributed by atoms with Gasteiger partial charge in [0, 0.05) is 50.8 Å². The third-order valence-electron chi connectivity index (χ3n) is 6.74. The van der Waals surface area contributed by atoms with Crippen LogP contribution in [0.2, 0.25) is 0 Å². The van der Waals surface area contributed by atoms with Gasteiger partial charge in [-0.1, -0.05) is 6.42 Å². The highest BCUT2D eigenvalue weighted by atomic mass is 16.5. The molecule has 2 aliphatic heterocycles. The van der Waals surface area contributed by atoms with Crippen molar-refractivity contribution in [3.63, 3.8) is 0 Å². The number of nitrogens with zero attached hydrogens (tertiary/aromatic N) is 3. The van der Waals surface area contributed by atoms with Gasteiger partial charge in [0.2, 0.25) is 5.91 Å². The Balaban J connectivity index is 1.29. The van der Waals surface area contributed by atoms with Gasteiger partial charge in [-0.15, -0.1) is 0 Å². The smallest absolute Gasteiger partial charge is 0.251 e. The predicted molar refractivity (Wildman–Crippen MR) is 97.7 cm³/mol. The molecule has 2 amide bonds. The molecule has 5 rings (SSSR count). The first kappa shape index (κ1) is 17.2. The summed E-state index contributed by atoms with van der Waals surface area (Å²) in [6, 6.07) is 0. The first-order chi connectivity index (χ1) is 13.1. The second-order valence-corrected chi connectivity index (χ2v) is 8.65. The van der Waals surface area contributed by atoms with Crippen LogP contribution in [-0.4, -0.2) is 52.0 Å². The Kier molecular flexibility index (Phi) is 4.22. The number of carbonyl (C=O) groups is 2. The summed E-state index contributed by atoms with van der Waals surface area (Å²) in [4.78, 5) is 31.8. The maximum atomic E-state index is 12.7. The highest BCUT2D eigenvalue weighted by Gasteiger charge is 2.48. The van der Waals surface area contributed by atoms with E-state index in [2.05, 4.69) is 14.9 Å². The molecule has 1 spiro atoms. The Bertz CT molecular complexity index is 729. The quantitative estimate of drug-likeness (QED) is 0.867. The third kappa shape index (κ3) is 3.16. The number of hydrogen-bond donors (Lipinski definition) is 1. The second kappa shape index (κ2) is 6.62. The molecule has 1 atom stereocenters. The molecule has 0 bridgehead atoms. The molecule has 1 saturated heterocycles. The van der Waals surface area contributed by atoms with Gasteiger partial charge in [0.25, 0.3) is 5.91 Å². The zero-order valence-corrected chi connectivity index (χ0v) is 15.7. The molecule has 4 aliphatic rings. The maximum absolute atomic E-state index is 12.7. The molecular weight excluding hydrogens is 344 g/mol. The SMILES string of the molecule is O=C(NCC1CC1)C1Cn2ccnc2C2(CCN(C(=O)C3CCC3)CC2)O1. The van der Waals surface area contributed by atoms with Crippen molar-refractivity contribution in [2.24, 2.45) is 11.8 Å². The number of imidazole rings is 1. The van der Waals surface area contributed by atoms with Crippen molar-refractivity contribution >= 4 is 11.8 Å². The third-order valence-corrected chi connectivity index (χ3v) is 6.74. The number of fused-ring (bicyclic) bond motifs is 2. The molecule has 1 aromatic heterocycles. The Morgan fingerprint density at radius 2 is 2.00 bits per heavy atom. The van der Waals surface area contributed by atoms with Crippen LogP contribution >= 0.6 is 0 Å². The summed E-state index contributed by atoms with van der Waals surface area (Å²) in [6.45, 7) is 2.63. The summed E-state index contributed by atoms with van der Waals surface area (Å²) in [5, 5.41) is 3.05. The van der Waals surface area contributed by atoms with E-state index in [9.17, 15) is 9.59 Å². The molecule has 1 unspecified atom stereocenters. The largest absolute Gasteiger partial charge is 0.354 e. The molecule has 0 aromatic carbocycles. The predicted octanol–water partition coefficient (Wildman–Crippen LogP) is 1.43. The zero-order chi connectivity index (χ0) is 18.4. The lowest BCUT2D eigenvalue weighted by molar-refractivity contribution is -0.177. The lowest BCUT2D eigenvalue weighted by Gasteiger charge is -2.46. The molecule has 1 aromatic rings. The average molecular weight is 372 g/mol. The van der Waals surface area contributed by atoms with Crippen LogP contribution < -0.4 is 5.32 Å². The molecule has 1 N–H and O–H groups in total. The highest BCUT2D eigenvalue weighted by molar-refractivity contribution is 5.81. The number of likely N-dealkylation sites (tertiary alicyclic amines) is 1. The van der Waals surface area contributed by atoms with Crippen LogP contribution in [0, 0.1) is 11.8 Å². The van der Waals surface area contributed by atoms with Crippen LogP contribution in [0.25, 0.3) is 0 Å². The summed E-state index contributed by atoms with van der Waals surface area (Å²) in [6.07, 6.45) is 10.3. The molecule has 0 radical (unpaired) electrons. The van der Waals surface area contributed by atoms with E-state index in [4.69, 9.17) is 4.74 Å². The molecule has 3 fully saturated rings. The van der Waals surface area contributed by atoms with Crippen molar-refractivity contribution in [1.82, 2.24) is 19.8 Å². The van der Waals surface area contributed by atoms with E-state index in [1.54, 1.807) is 6.20 Å². The van der Waals surface area contributed by atoms with E-state index in [0.29, 0.717) is 44.3 Å². The van der Waals surface area contributed by atoms with Crippen LogP contribution in [-0.2, 0) is 26.5 Å². The number of aromatic nitrogens is 2. The average Bonchev–Trinajstić information content (AvgIpc) is 3.33. The maximum Gasteiger partial charge on any atom is 0.251 e. The Morgan fingerprint density at radius 3 is 2.67 bits per heavy atom. The van der Waals surface area contributed by atoms with Gasteiger partial charge in [-0.2, -0.15) is 0 Å². The van der Waals surface area contributed by atoms with Gasteiger partial charge in [-0.3, -0.25) is 9.59 Å². The lowest BCUT2D eigenvalue weighted by Crippen LogP contribution is -2.55. The Labute approximate surface area is 159 Å². The van der Waals surface area contributed by atoms with Crippen LogP contribution in [0.1, 0.15) is 50.8 Å². The second-order valence-electron chi connectivity index (χ2n) is 8.65. The minimum Gasteiger partial charge on any atom is -0.354 e. The first-order valence-electron chi connectivity index (χ1n) is 10.4. The molecule has 27 heavy (non-hydrogen) atoms. The molecule has 7 heteroatoms. The van der Waals surface area contributed by atoms with Crippen molar-refractivity contribution in [1.29, 1.82) is 0 Å². The lowest BCUT2D eigenvalue weighted by atomic mass is 9.82. The Hall–Kier alpha value is -1.89. The van der Waals surface area contributed by atoms with Crippen molar-refractivity contribution < 1.29 is 14.3 Å². The number of carbonyl (C=O) groups excluding carboxylic acids is 2. The summed E-state index contributed by atoms with van der Waals surface area (Å²) < 4.78 is 8.47. The van der Waals surface area contributed by atoms with E-state index in [0.717, 1.165) is 25.2 Å². The standard InChI is InChI=1S/C20H28N4O3/c25-17(22-12-14-4-5-14)16-13-24-11-8-21-19(24)20(27-16)6-9-23(10-7-20)18(26)15-2-1-3-15/h8,11,14-16H,1-7,9-10,12-13H2,(H,22,25). The normalized spacial score (nSPS) is 27.1. The molecule has 2 aliphatic carbocycles. The van der Waals surface area contributed by atoms with Gasteiger partial charge in [0.15, 0.2) is 6.10 Å². The van der Waals surface area contributed by atoms with Gasteiger partial charge >= 0.3 is 0 Å². The van der Waals surface area contributed by atoms with E-state index in [1.807, 2.05) is 11.1 Å². The summed E-state index contributed by atoms with van der Waals surface area (Å²) >= 11 is 0. The van der Waals surface area contributed by atoms with Gasteiger partial charge in [-0.25, -0.2) is 4.98 Å². The van der Waals surface area contributed by atoms with Crippen molar-refractivity contribution in [2.45, 2.75) is 63.2 Å². The van der Waals surface area contributed by atoms with E-state index >= 15 is 0 Å². The Morgan fingerprint density at radius 1 is 1.22 bits per heavy atom. The first-order valence-corrected chi connectivity index (χ1v) is 10.4. The minimum atomic E-state index is -0.556. The number of piperidine rings is 1. The monoisotopic (exact) mass is 372 g/mol. The van der Waals surface area contributed by atoms with Crippen LogP contribution in [0.4, 0.5) is 0 Å². The van der Waals surface area contributed by atoms with Gasteiger partial charge in [0.05, 0.1) is 6.54 Å². The number of hydrogen-bond acceptors (Lipinski definition) is 4. The van der Waals surface area contributed by atoms with Crippen molar-refractivity contribution in [2.75, 3.05) is 19.6 Å². The molecule has 146 valence electrons. The van der Waals surface area contributed by atoms with Crippen molar-refractivity contribution in [3.8, 4) is 0 Å². The van der Waals surface area contributed by atoms with E-state index in [-0.39, 0.29) is 11.8 Å². The zero-order valence-electron chi connectivity index (χ0n) is 15.7. The van der Waals surface area contributed by atoms with E-state index < -0.39 is 11.7 Å². The summed E-state index contributed by atoms with van der Waals surface area (Å²) in [5.74, 6) is 2.07. The highest BCUT2D eigenvalue weighted by Crippen LogP contribution is 2.41. The minimum absolute atomic E-state index is 0.0198. The van der Waals surface area contributed by atoms with Gasteiger partial charge in [0.1, 0.15) is 11.4 Å². The fraction of sp³-hybridized carbons (Fsp3) is 0.750. The van der Waals surface area contributed by atoms with Crippen LogP contribution in [0.15, 0.2) is 12.4 Å².